The van der Waals surface area contributed by atoms with Crippen molar-refractivity contribution in [1.29, 1.82) is 0 Å². The standard InChI is InChI=1S/C23H23NO4/c25-22(26)20-13-9-10-14(11-13)21(20)24-23(27)28-12-19-17-7-3-1-5-15(17)16-6-2-4-8-18(16)19/h1-8,13-14,19-21H,9-12H2,(H,24,27)(H,25,26)/t13-,14-,20+,21+/m1/s1. The summed E-state index contributed by atoms with van der Waals surface area (Å²) in [4.78, 5) is 24.1. The van der Waals surface area contributed by atoms with Crippen molar-refractivity contribution < 1.29 is 19.4 Å². The van der Waals surface area contributed by atoms with Gasteiger partial charge in [-0.1, -0.05) is 48.5 Å². The molecule has 2 fully saturated rings. The van der Waals surface area contributed by atoms with E-state index in [2.05, 4.69) is 29.6 Å². The predicted molar refractivity (Wildman–Crippen MR) is 104 cm³/mol. The van der Waals surface area contributed by atoms with Crippen LogP contribution in [0.4, 0.5) is 4.79 Å². The lowest BCUT2D eigenvalue weighted by Gasteiger charge is -2.28. The van der Waals surface area contributed by atoms with E-state index in [4.69, 9.17) is 4.74 Å². The molecule has 144 valence electrons. The van der Waals surface area contributed by atoms with E-state index in [1.165, 1.54) is 22.3 Å². The highest BCUT2D eigenvalue weighted by Crippen LogP contribution is 2.49. The van der Waals surface area contributed by atoms with Gasteiger partial charge in [-0.25, -0.2) is 4.79 Å². The van der Waals surface area contributed by atoms with Gasteiger partial charge >= 0.3 is 12.1 Å². The van der Waals surface area contributed by atoms with Crippen molar-refractivity contribution in [3.8, 4) is 11.1 Å². The number of hydrogen-bond acceptors (Lipinski definition) is 3. The van der Waals surface area contributed by atoms with E-state index >= 15 is 0 Å². The van der Waals surface area contributed by atoms with Gasteiger partial charge in [-0.15, -0.1) is 0 Å². The number of carbonyl (C=O) groups excluding carboxylic acids is 1. The minimum absolute atomic E-state index is 0.00782. The van der Waals surface area contributed by atoms with E-state index in [9.17, 15) is 14.7 Å². The van der Waals surface area contributed by atoms with Crippen molar-refractivity contribution in [3.63, 3.8) is 0 Å². The number of carboxylic acid groups (broad SMARTS) is 1. The van der Waals surface area contributed by atoms with E-state index in [1.807, 2.05) is 24.3 Å². The molecule has 0 unspecified atom stereocenters. The molecule has 5 rings (SSSR count). The Morgan fingerprint density at radius 2 is 1.57 bits per heavy atom. The number of rotatable bonds is 4. The van der Waals surface area contributed by atoms with Crippen LogP contribution in [0.25, 0.3) is 11.1 Å². The van der Waals surface area contributed by atoms with E-state index in [-0.39, 0.29) is 30.4 Å². The Kier molecular flexibility index (Phi) is 4.11. The molecular weight excluding hydrogens is 354 g/mol. The van der Waals surface area contributed by atoms with Gasteiger partial charge in [-0.2, -0.15) is 0 Å². The molecule has 0 saturated heterocycles. The molecule has 3 aliphatic rings. The number of hydrogen-bond donors (Lipinski definition) is 2. The van der Waals surface area contributed by atoms with E-state index in [0.29, 0.717) is 0 Å². The molecule has 0 aromatic heterocycles. The fourth-order valence-corrected chi connectivity index (χ4v) is 5.63. The number of amides is 1. The van der Waals surface area contributed by atoms with E-state index in [0.717, 1.165) is 19.3 Å². The summed E-state index contributed by atoms with van der Waals surface area (Å²) in [6.45, 7) is 0.248. The first kappa shape index (κ1) is 17.3. The second kappa shape index (κ2) is 6.66. The molecule has 2 aromatic carbocycles. The normalized spacial score (nSPS) is 27.3. The zero-order valence-corrected chi connectivity index (χ0v) is 15.5. The minimum atomic E-state index is -0.809. The van der Waals surface area contributed by atoms with E-state index < -0.39 is 18.0 Å². The minimum Gasteiger partial charge on any atom is -0.481 e. The van der Waals surface area contributed by atoms with Gasteiger partial charge in [0.25, 0.3) is 0 Å². The van der Waals surface area contributed by atoms with Crippen LogP contribution in [0.5, 0.6) is 0 Å². The number of carboxylic acids is 1. The van der Waals surface area contributed by atoms with Crippen LogP contribution in [0.3, 0.4) is 0 Å². The fraction of sp³-hybridized carbons (Fsp3) is 0.391. The third-order valence-corrected chi connectivity index (χ3v) is 6.83. The lowest BCUT2D eigenvalue weighted by molar-refractivity contribution is -0.144. The van der Waals surface area contributed by atoms with Crippen LogP contribution in [-0.2, 0) is 9.53 Å². The summed E-state index contributed by atoms with van der Waals surface area (Å²) in [6, 6.07) is 16.1. The number of carbonyl (C=O) groups is 2. The van der Waals surface area contributed by atoms with Crippen LogP contribution in [0, 0.1) is 17.8 Å². The molecule has 0 aliphatic heterocycles. The zero-order valence-electron chi connectivity index (χ0n) is 15.5. The first-order valence-electron chi connectivity index (χ1n) is 9.98. The summed E-state index contributed by atoms with van der Waals surface area (Å²) in [6.07, 6.45) is 2.32. The SMILES string of the molecule is O=C(N[C@H]1[C@@H]2CC[C@H](C2)[C@@H]1C(=O)O)OCC1c2ccccc2-c2ccccc21. The highest BCUT2D eigenvalue weighted by Gasteiger charge is 2.51. The molecule has 28 heavy (non-hydrogen) atoms. The molecule has 5 heteroatoms. The van der Waals surface area contributed by atoms with Gasteiger partial charge < -0.3 is 15.2 Å². The highest BCUT2D eigenvalue weighted by molar-refractivity contribution is 5.79. The molecule has 0 radical (unpaired) electrons. The van der Waals surface area contributed by atoms with Crippen LogP contribution < -0.4 is 5.32 Å². The summed E-state index contributed by atoms with van der Waals surface area (Å²) in [5, 5.41) is 12.4. The number of nitrogens with one attached hydrogen (secondary N) is 1. The molecular formula is C23H23NO4. The van der Waals surface area contributed by atoms with Gasteiger partial charge in [0.05, 0.1) is 5.92 Å². The van der Waals surface area contributed by atoms with Crippen molar-refractivity contribution in [3.05, 3.63) is 59.7 Å². The topological polar surface area (TPSA) is 75.6 Å². The van der Waals surface area contributed by atoms with Crippen molar-refractivity contribution in [2.24, 2.45) is 17.8 Å². The second-order valence-corrected chi connectivity index (χ2v) is 8.19. The monoisotopic (exact) mass is 377 g/mol. The molecule has 3 aliphatic carbocycles. The first-order chi connectivity index (χ1) is 13.6. The highest BCUT2D eigenvalue weighted by atomic mass is 16.5. The Hall–Kier alpha value is -2.82. The predicted octanol–water partition coefficient (Wildman–Crippen LogP) is 4.02. The Labute approximate surface area is 163 Å². The maximum Gasteiger partial charge on any atom is 0.407 e. The van der Waals surface area contributed by atoms with Gasteiger partial charge in [-0.3, -0.25) is 4.79 Å². The average Bonchev–Trinajstić information content (AvgIpc) is 3.38. The molecule has 4 atom stereocenters. The Bertz CT molecular complexity index is 894. The molecule has 1 amide bonds. The number of fused-ring (bicyclic) bond motifs is 5. The maximum atomic E-state index is 12.5. The lowest BCUT2D eigenvalue weighted by Crippen LogP contribution is -2.47. The quantitative estimate of drug-likeness (QED) is 0.844. The maximum absolute atomic E-state index is 12.5. The summed E-state index contributed by atoms with van der Waals surface area (Å²) in [5.41, 5.74) is 4.71. The Morgan fingerprint density at radius 1 is 0.964 bits per heavy atom. The summed E-state index contributed by atoms with van der Waals surface area (Å²) in [5.74, 6) is -0.850. The molecule has 0 heterocycles. The Morgan fingerprint density at radius 3 is 2.21 bits per heavy atom. The van der Waals surface area contributed by atoms with Crippen molar-refractivity contribution in [1.82, 2.24) is 5.32 Å². The average molecular weight is 377 g/mol. The van der Waals surface area contributed by atoms with Crippen LogP contribution >= 0.6 is 0 Å². The fourth-order valence-electron chi connectivity index (χ4n) is 5.63. The van der Waals surface area contributed by atoms with Crippen LogP contribution in [0.15, 0.2) is 48.5 Å². The van der Waals surface area contributed by atoms with E-state index in [1.54, 1.807) is 0 Å². The number of benzene rings is 2. The molecule has 5 nitrogen and oxygen atoms in total. The van der Waals surface area contributed by atoms with Gasteiger partial charge in [0.15, 0.2) is 0 Å². The van der Waals surface area contributed by atoms with Gasteiger partial charge in [0.2, 0.25) is 0 Å². The van der Waals surface area contributed by atoms with Crippen LogP contribution in [0.1, 0.15) is 36.3 Å². The number of alkyl carbamates (subject to hydrolysis) is 1. The number of ether oxygens (including phenoxy) is 1. The van der Waals surface area contributed by atoms with Crippen molar-refractivity contribution >= 4 is 12.1 Å². The number of aliphatic carboxylic acids is 1. The summed E-state index contributed by atoms with van der Waals surface area (Å²) < 4.78 is 5.59. The van der Waals surface area contributed by atoms with Crippen LogP contribution in [0.2, 0.25) is 0 Å². The zero-order chi connectivity index (χ0) is 19.3. The van der Waals surface area contributed by atoms with Crippen molar-refractivity contribution in [2.45, 2.75) is 31.2 Å². The molecule has 2 N–H and O–H groups in total. The van der Waals surface area contributed by atoms with Gasteiger partial charge in [0, 0.05) is 12.0 Å². The first-order valence-corrected chi connectivity index (χ1v) is 9.98. The molecule has 2 saturated carbocycles. The van der Waals surface area contributed by atoms with Crippen molar-refractivity contribution in [2.75, 3.05) is 6.61 Å². The smallest absolute Gasteiger partial charge is 0.407 e. The molecule has 2 aromatic rings. The van der Waals surface area contributed by atoms with Gasteiger partial charge in [-0.05, 0) is 53.4 Å². The molecule has 0 spiro atoms. The Balaban J connectivity index is 1.29. The summed E-state index contributed by atoms with van der Waals surface area (Å²) >= 11 is 0. The van der Waals surface area contributed by atoms with Crippen LogP contribution in [-0.4, -0.2) is 29.8 Å². The lowest BCUT2D eigenvalue weighted by atomic mass is 9.84. The third-order valence-electron chi connectivity index (χ3n) is 6.83. The second-order valence-electron chi connectivity index (χ2n) is 8.19. The van der Waals surface area contributed by atoms with Gasteiger partial charge in [0.1, 0.15) is 6.61 Å². The molecule has 2 bridgehead atoms. The largest absolute Gasteiger partial charge is 0.481 e. The third kappa shape index (κ3) is 2.68. The summed E-state index contributed by atoms with van der Waals surface area (Å²) in [7, 11) is 0.